The number of ether oxygens (including phenoxy) is 1. The quantitative estimate of drug-likeness (QED) is 0.717. The SMILES string of the molecule is CCCC(=O)Nc1ccc(SC2CC(=O)N(c3ccc(OC)cc3)C2=O)cc1. The van der Waals surface area contributed by atoms with Crippen molar-refractivity contribution in [3.63, 3.8) is 0 Å². The highest BCUT2D eigenvalue weighted by Gasteiger charge is 2.40. The van der Waals surface area contributed by atoms with Crippen LogP contribution >= 0.6 is 11.8 Å². The van der Waals surface area contributed by atoms with E-state index in [9.17, 15) is 14.4 Å². The van der Waals surface area contributed by atoms with Gasteiger partial charge in [-0.25, -0.2) is 4.90 Å². The van der Waals surface area contributed by atoms with E-state index < -0.39 is 5.25 Å². The van der Waals surface area contributed by atoms with E-state index in [0.717, 1.165) is 17.0 Å². The molecular weight excluding hydrogens is 376 g/mol. The number of amides is 3. The minimum Gasteiger partial charge on any atom is -0.497 e. The molecule has 1 fully saturated rings. The lowest BCUT2D eigenvalue weighted by atomic mass is 10.3. The summed E-state index contributed by atoms with van der Waals surface area (Å²) in [7, 11) is 1.56. The third-order valence-corrected chi connectivity index (χ3v) is 5.53. The molecule has 3 amide bonds. The van der Waals surface area contributed by atoms with Crippen molar-refractivity contribution in [3.8, 4) is 5.75 Å². The molecule has 1 unspecified atom stereocenters. The minimum atomic E-state index is -0.463. The van der Waals surface area contributed by atoms with Crippen molar-refractivity contribution in [1.82, 2.24) is 0 Å². The molecule has 28 heavy (non-hydrogen) atoms. The third kappa shape index (κ3) is 4.54. The van der Waals surface area contributed by atoms with Crippen molar-refractivity contribution in [2.75, 3.05) is 17.3 Å². The molecule has 1 heterocycles. The average molecular weight is 398 g/mol. The van der Waals surface area contributed by atoms with Gasteiger partial charge in [0, 0.05) is 23.4 Å². The number of rotatable bonds is 7. The number of carbonyl (C=O) groups excluding carboxylic acids is 3. The number of nitrogens with one attached hydrogen (secondary N) is 1. The fourth-order valence-corrected chi connectivity index (χ4v) is 3.98. The van der Waals surface area contributed by atoms with Gasteiger partial charge in [-0.1, -0.05) is 6.92 Å². The van der Waals surface area contributed by atoms with E-state index >= 15 is 0 Å². The molecule has 0 bridgehead atoms. The van der Waals surface area contributed by atoms with Crippen molar-refractivity contribution >= 4 is 40.9 Å². The first-order chi connectivity index (χ1) is 13.5. The molecule has 146 valence electrons. The van der Waals surface area contributed by atoms with E-state index in [2.05, 4.69) is 5.32 Å². The maximum atomic E-state index is 12.8. The van der Waals surface area contributed by atoms with E-state index in [4.69, 9.17) is 4.74 Å². The van der Waals surface area contributed by atoms with Gasteiger partial charge in [-0.15, -0.1) is 11.8 Å². The summed E-state index contributed by atoms with van der Waals surface area (Å²) >= 11 is 1.36. The molecule has 1 atom stereocenters. The summed E-state index contributed by atoms with van der Waals surface area (Å²) in [5.74, 6) is 0.214. The molecule has 6 nitrogen and oxygen atoms in total. The average Bonchev–Trinajstić information content (AvgIpc) is 2.97. The Balaban J connectivity index is 1.65. The Morgan fingerprint density at radius 3 is 2.43 bits per heavy atom. The molecule has 0 aliphatic carbocycles. The lowest BCUT2D eigenvalue weighted by molar-refractivity contribution is -0.121. The maximum Gasteiger partial charge on any atom is 0.247 e. The first kappa shape index (κ1) is 19.9. The van der Waals surface area contributed by atoms with Crippen LogP contribution in [0.25, 0.3) is 0 Å². The number of nitrogens with zero attached hydrogens (tertiary/aromatic N) is 1. The second kappa shape index (κ2) is 8.93. The fraction of sp³-hybridized carbons (Fsp3) is 0.286. The molecule has 0 saturated carbocycles. The van der Waals surface area contributed by atoms with Gasteiger partial charge in [0.2, 0.25) is 17.7 Å². The van der Waals surface area contributed by atoms with E-state index in [-0.39, 0.29) is 24.1 Å². The number of hydrogen-bond acceptors (Lipinski definition) is 5. The number of methoxy groups -OCH3 is 1. The van der Waals surface area contributed by atoms with Crippen molar-refractivity contribution < 1.29 is 19.1 Å². The zero-order valence-corrected chi connectivity index (χ0v) is 16.6. The van der Waals surface area contributed by atoms with Crippen LogP contribution in [-0.4, -0.2) is 30.1 Å². The number of imide groups is 1. The number of carbonyl (C=O) groups is 3. The van der Waals surface area contributed by atoms with Crippen molar-refractivity contribution in [1.29, 1.82) is 0 Å². The van der Waals surface area contributed by atoms with Gasteiger partial charge in [0.15, 0.2) is 0 Å². The molecule has 2 aromatic rings. The number of benzene rings is 2. The highest BCUT2D eigenvalue weighted by Crippen LogP contribution is 2.34. The van der Waals surface area contributed by atoms with Crippen LogP contribution < -0.4 is 15.0 Å². The Labute approximate surface area is 168 Å². The predicted octanol–water partition coefficient (Wildman–Crippen LogP) is 3.86. The second-order valence-electron chi connectivity index (χ2n) is 6.40. The van der Waals surface area contributed by atoms with E-state index in [1.54, 1.807) is 43.5 Å². The standard InChI is InChI=1S/C21H22N2O4S/c1-3-4-19(24)22-14-5-11-17(12-6-14)28-18-13-20(25)23(21(18)26)15-7-9-16(27-2)10-8-15/h5-12,18H,3-4,13H2,1-2H3,(H,22,24). The van der Waals surface area contributed by atoms with Crippen LogP contribution in [-0.2, 0) is 14.4 Å². The lowest BCUT2D eigenvalue weighted by Crippen LogP contribution is -2.31. The summed E-state index contributed by atoms with van der Waals surface area (Å²) in [5, 5.41) is 2.37. The summed E-state index contributed by atoms with van der Waals surface area (Å²) in [5.41, 5.74) is 1.27. The van der Waals surface area contributed by atoms with Crippen molar-refractivity contribution in [2.45, 2.75) is 36.3 Å². The smallest absolute Gasteiger partial charge is 0.247 e. The molecule has 0 radical (unpaired) electrons. The Morgan fingerprint density at radius 2 is 1.82 bits per heavy atom. The fourth-order valence-electron chi connectivity index (χ4n) is 2.93. The van der Waals surface area contributed by atoms with E-state index in [1.807, 2.05) is 19.1 Å². The molecule has 1 aliphatic rings. The van der Waals surface area contributed by atoms with Crippen LogP contribution in [0.2, 0.25) is 0 Å². The number of hydrogen-bond donors (Lipinski definition) is 1. The highest BCUT2D eigenvalue weighted by molar-refractivity contribution is 8.00. The largest absolute Gasteiger partial charge is 0.497 e. The molecule has 1 N–H and O–H groups in total. The zero-order valence-electron chi connectivity index (χ0n) is 15.8. The molecule has 0 aromatic heterocycles. The minimum absolute atomic E-state index is 0.0189. The Kier molecular flexibility index (Phi) is 6.36. The monoisotopic (exact) mass is 398 g/mol. The molecule has 1 saturated heterocycles. The van der Waals surface area contributed by atoms with E-state index in [0.29, 0.717) is 17.9 Å². The van der Waals surface area contributed by atoms with Crippen LogP contribution in [0.1, 0.15) is 26.2 Å². The van der Waals surface area contributed by atoms with Gasteiger partial charge in [0.05, 0.1) is 18.0 Å². The maximum absolute atomic E-state index is 12.8. The number of thioether (sulfide) groups is 1. The topological polar surface area (TPSA) is 75.7 Å². The van der Waals surface area contributed by atoms with Crippen LogP contribution in [0.3, 0.4) is 0 Å². The van der Waals surface area contributed by atoms with Gasteiger partial charge in [-0.2, -0.15) is 0 Å². The zero-order chi connectivity index (χ0) is 20.1. The van der Waals surface area contributed by atoms with Gasteiger partial charge in [-0.05, 0) is 55.0 Å². The van der Waals surface area contributed by atoms with Crippen molar-refractivity contribution in [3.05, 3.63) is 48.5 Å². The summed E-state index contributed by atoms with van der Waals surface area (Å²) < 4.78 is 5.11. The Morgan fingerprint density at radius 1 is 1.14 bits per heavy atom. The van der Waals surface area contributed by atoms with Crippen molar-refractivity contribution in [2.24, 2.45) is 0 Å². The van der Waals surface area contributed by atoms with Gasteiger partial charge in [0.1, 0.15) is 5.75 Å². The highest BCUT2D eigenvalue weighted by atomic mass is 32.2. The van der Waals surface area contributed by atoms with Gasteiger partial charge >= 0.3 is 0 Å². The first-order valence-electron chi connectivity index (χ1n) is 9.09. The summed E-state index contributed by atoms with van der Waals surface area (Å²) in [4.78, 5) is 38.9. The third-order valence-electron chi connectivity index (χ3n) is 4.33. The van der Waals surface area contributed by atoms with Gasteiger partial charge in [-0.3, -0.25) is 14.4 Å². The van der Waals surface area contributed by atoms with Crippen LogP contribution in [0.5, 0.6) is 5.75 Å². The Bertz CT molecular complexity index is 865. The normalized spacial score (nSPS) is 16.4. The summed E-state index contributed by atoms with van der Waals surface area (Å²) in [6, 6.07) is 14.2. The van der Waals surface area contributed by atoms with Crippen LogP contribution in [0, 0.1) is 0 Å². The molecule has 1 aliphatic heterocycles. The van der Waals surface area contributed by atoms with Crippen LogP contribution in [0.15, 0.2) is 53.4 Å². The lowest BCUT2D eigenvalue weighted by Gasteiger charge is -2.15. The number of anilines is 2. The summed E-state index contributed by atoms with van der Waals surface area (Å²) in [6.07, 6.45) is 1.43. The van der Waals surface area contributed by atoms with E-state index in [1.165, 1.54) is 16.7 Å². The predicted molar refractivity (Wildman–Crippen MR) is 110 cm³/mol. The van der Waals surface area contributed by atoms with Crippen LogP contribution in [0.4, 0.5) is 11.4 Å². The molecular formula is C21H22N2O4S. The van der Waals surface area contributed by atoms with Gasteiger partial charge < -0.3 is 10.1 Å². The molecule has 7 heteroatoms. The molecule has 0 spiro atoms. The molecule has 2 aromatic carbocycles. The van der Waals surface area contributed by atoms with Gasteiger partial charge in [0.25, 0.3) is 0 Å². The molecule has 3 rings (SSSR count). The summed E-state index contributed by atoms with van der Waals surface area (Å²) in [6.45, 7) is 1.95. The second-order valence-corrected chi connectivity index (χ2v) is 7.67. The first-order valence-corrected chi connectivity index (χ1v) is 9.97. The Hall–Kier alpha value is -2.80.